The molecule has 1 fully saturated rings. The number of hydrogen-bond acceptors (Lipinski definition) is 10. The summed E-state index contributed by atoms with van der Waals surface area (Å²) < 4.78 is 48.9. The number of hydrogen-bond donors (Lipinski definition) is 1. The van der Waals surface area contributed by atoms with Crippen LogP contribution in [0.15, 0.2) is 0 Å². The number of unbranched alkanes of at least 4 members (excludes halogenated alkanes) is 17. The Morgan fingerprint density at radius 3 is 1.69 bits per heavy atom. The maximum absolute atomic E-state index is 12.2. The van der Waals surface area contributed by atoms with Crippen molar-refractivity contribution in [3.63, 3.8) is 0 Å². The SMILES string of the molecule is CCCCCCCCCCCCCCCCCCCCC(=O)OCC1(CO)COC(=O)CC(S(=O)(=O)[O-])C(=O)OC1.[Na+]. The number of carbonyl (C=O) groups is 3. The van der Waals surface area contributed by atoms with E-state index in [-0.39, 0.29) is 36.0 Å². The van der Waals surface area contributed by atoms with Crippen molar-refractivity contribution >= 4 is 28.0 Å². The normalized spacial score (nSPS) is 19.5. The molecule has 0 aromatic carbocycles. The molecule has 240 valence electrons. The topological polar surface area (TPSA) is 156 Å². The second-order valence-corrected chi connectivity index (χ2v) is 13.1. The van der Waals surface area contributed by atoms with Gasteiger partial charge in [-0.3, -0.25) is 14.4 Å². The number of carbonyl (C=O) groups excluding carboxylic acids is 3. The van der Waals surface area contributed by atoms with Gasteiger partial charge >= 0.3 is 47.5 Å². The molecule has 2 unspecified atom stereocenters. The minimum Gasteiger partial charge on any atom is -0.747 e. The molecule has 0 spiro atoms. The third kappa shape index (κ3) is 19.5. The maximum Gasteiger partial charge on any atom is 1.00 e. The molecule has 1 aliphatic rings. The van der Waals surface area contributed by atoms with Gasteiger partial charge in [-0.05, 0) is 6.42 Å². The van der Waals surface area contributed by atoms with Gasteiger partial charge in [-0.25, -0.2) is 8.42 Å². The van der Waals surface area contributed by atoms with Gasteiger partial charge < -0.3 is 23.9 Å². The van der Waals surface area contributed by atoms with Gasteiger partial charge in [0.05, 0.1) is 18.4 Å². The Hall–Kier alpha value is -0.720. The molecule has 1 N–H and O–H groups in total. The van der Waals surface area contributed by atoms with Crippen LogP contribution in [0.1, 0.15) is 135 Å². The standard InChI is InChI=1S/C30H54O10S.Na/c1-2-3-4-5-6-7-8-9-10-11-12-13-14-15-16-17-18-19-20-27(32)38-23-30(22-31)24-39-28(33)21-26(41(35,36)37)29(34)40-25-30;/h26,31H,2-25H2,1H3,(H,35,36,37);/q;+1/p-1. The fourth-order valence-electron chi connectivity index (χ4n) is 4.80. The summed E-state index contributed by atoms with van der Waals surface area (Å²) in [4.78, 5) is 36.2. The molecule has 1 saturated heterocycles. The first-order chi connectivity index (χ1) is 19.6. The fraction of sp³-hybridized carbons (Fsp3) is 0.900. The largest absolute Gasteiger partial charge is 1.00 e. The molecule has 0 amide bonds. The summed E-state index contributed by atoms with van der Waals surface area (Å²) in [6.45, 7) is 0.164. The molecular weight excluding hydrogens is 575 g/mol. The van der Waals surface area contributed by atoms with Crippen molar-refractivity contribution in [2.24, 2.45) is 5.41 Å². The zero-order chi connectivity index (χ0) is 30.4. The van der Waals surface area contributed by atoms with E-state index in [2.05, 4.69) is 6.92 Å². The number of ether oxygens (including phenoxy) is 3. The summed E-state index contributed by atoms with van der Waals surface area (Å²) in [5.41, 5.74) is -1.45. The summed E-state index contributed by atoms with van der Waals surface area (Å²) in [5.74, 6) is -3.00. The summed E-state index contributed by atoms with van der Waals surface area (Å²) in [7, 11) is -5.14. The minimum atomic E-state index is -5.14. The summed E-state index contributed by atoms with van der Waals surface area (Å²) in [5, 5.41) is 7.62. The predicted octanol–water partition coefficient (Wildman–Crippen LogP) is 2.35. The van der Waals surface area contributed by atoms with E-state index in [1.54, 1.807) is 0 Å². The molecule has 1 rings (SSSR count). The Morgan fingerprint density at radius 1 is 0.833 bits per heavy atom. The van der Waals surface area contributed by atoms with E-state index < -0.39 is 71.5 Å². The molecule has 42 heavy (non-hydrogen) atoms. The zero-order valence-electron chi connectivity index (χ0n) is 26.1. The summed E-state index contributed by atoms with van der Waals surface area (Å²) in [6, 6.07) is 0. The van der Waals surface area contributed by atoms with Crippen molar-refractivity contribution in [3.05, 3.63) is 0 Å². The van der Waals surface area contributed by atoms with Crippen LogP contribution in [0.2, 0.25) is 0 Å². The van der Waals surface area contributed by atoms with Gasteiger partial charge in [0.25, 0.3) is 0 Å². The van der Waals surface area contributed by atoms with Crippen LogP contribution in [0.25, 0.3) is 0 Å². The molecule has 0 bridgehead atoms. The van der Waals surface area contributed by atoms with E-state index >= 15 is 0 Å². The molecule has 0 aliphatic carbocycles. The van der Waals surface area contributed by atoms with E-state index in [9.17, 15) is 32.5 Å². The van der Waals surface area contributed by atoms with Gasteiger partial charge in [-0.1, -0.05) is 116 Å². The average molecular weight is 629 g/mol. The Balaban J connectivity index is 0.0000168. The van der Waals surface area contributed by atoms with Gasteiger partial charge in [0.1, 0.15) is 29.9 Å². The van der Waals surface area contributed by atoms with E-state index in [1.807, 2.05) is 0 Å². The van der Waals surface area contributed by atoms with E-state index in [0.29, 0.717) is 6.42 Å². The monoisotopic (exact) mass is 628 g/mol. The van der Waals surface area contributed by atoms with Gasteiger partial charge in [0.15, 0.2) is 5.25 Å². The Kier molecular flexibility index (Phi) is 24.2. The Labute approximate surface area is 275 Å². The first kappa shape index (κ1) is 41.3. The number of rotatable bonds is 23. The van der Waals surface area contributed by atoms with Gasteiger partial charge in [-0.2, -0.15) is 0 Å². The molecule has 1 aliphatic heterocycles. The first-order valence-corrected chi connectivity index (χ1v) is 17.1. The van der Waals surface area contributed by atoms with Gasteiger partial charge in [0.2, 0.25) is 0 Å². The molecular formula is C30H53NaO10S. The van der Waals surface area contributed by atoms with Crippen molar-refractivity contribution < 1.29 is 76.2 Å². The predicted molar refractivity (Wildman–Crippen MR) is 154 cm³/mol. The molecule has 0 aromatic rings. The molecule has 0 saturated carbocycles. The number of aliphatic hydroxyl groups is 1. The first-order valence-electron chi connectivity index (χ1n) is 15.7. The van der Waals surface area contributed by atoms with Crippen LogP contribution in [0.3, 0.4) is 0 Å². The van der Waals surface area contributed by atoms with E-state index in [1.165, 1.54) is 89.9 Å². The zero-order valence-corrected chi connectivity index (χ0v) is 28.9. The van der Waals surface area contributed by atoms with Crippen molar-refractivity contribution in [2.75, 3.05) is 26.4 Å². The van der Waals surface area contributed by atoms with Gasteiger partial charge in [0, 0.05) is 6.42 Å². The Morgan fingerprint density at radius 2 is 1.26 bits per heavy atom. The molecule has 0 radical (unpaired) electrons. The van der Waals surface area contributed by atoms with Gasteiger partial charge in [-0.15, -0.1) is 0 Å². The van der Waals surface area contributed by atoms with E-state index in [4.69, 9.17) is 14.2 Å². The van der Waals surface area contributed by atoms with Crippen molar-refractivity contribution in [1.82, 2.24) is 0 Å². The third-order valence-corrected chi connectivity index (χ3v) is 8.69. The van der Waals surface area contributed by atoms with Crippen molar-refractivity contribution in [3.8, 4) is 0 Å². The van der Waals surface area contributed by atoms with Crippen LogP contribution in [0, 0.1) is 5.41 Å². The quantitative estimate of drug-likeness (QED) is 0.0586. The molecule has 1 heterocycles. The third-order valence-electron chi connectivity index (χ3n) is 7.63. The molecule has 0 aromatic heterocycles. The fourth-order valence-corrected chi connectivity index (χ4v) is 5.45. The summed E-state index contributed by atoms with van der Waals surface area (Å²) >= 11 is 0. The van der Waals surface area contributed by atoms with Crippen LogP contribution in [-0.2, 0) is 38.7 Å². The van der Waals surface area contributed by atoms with Crippen molar-refractivity contribution in [1.29, 1.82) is 0 Å². The molecule has 12 heteroatoms. The molecule has 2 atom stereocenters. The number of cyclic esters (lactones) is 2. The van der Waals surface area contributed by atoms with Crippen LogP contribution >= 0.6 is 0 Å². The Bertz CT molecular complexity index is 851. The van der Waals surface area contributed by atoms with Crippen LogP contribution in [0.5, 0.6) is 0 Å². The smallest absolute Gasteiger partial charge is 0.747 e. The number of aliphatic hydroxyl groups excluding tert-OH is 1. The van der Waals surface area contributed by atoms with E-state index in [0.717, 1.165) is 19.3 Å². The second kappa shape index (κ2) is 24.6. The van der Waals surface area contributed by atoms with Crippen LogP contribution < -0.4 is 29.6 Å². The van der Waals surface area contributed by atoms with Crippen LogP contribution in [0.4, 0.5) is 0 Å². The summed E-state index contributed by atoms with van der Waals surface area (Å²) in [6.07, 6.45) is 21.7. The van der Waals surface area contributed by atoms with Crippen LogP contribution in [-0.4, -0.2) is 67.7 Å². The number of esters is 3. The second-order valence-electron chi connectivity index (χ2n) is 11.5. The average Bonchev–Trinajstić information content (AvgIpc) is 3.00. The maximum atomic E-state index is 12.2. The minimum absolute atomic E-state index is 0. The van der Waals surface area contributed by atoms with Crippen molar-refractivity contribution in [2.45, 2.75) is 141 Å². The molecule has 10 nitrogen and oxygen atoms in total.